The molecule has 1 aliphatic heterocycles. The number of anilines is 3. The van der Waals surface area contributed by atoms with Crippen molar-refractivity contribution in [1.29, 1.82) is 0 Å². The average Bonchev–Trinajstić information content (AvgIpc) is 2.62. The lowest BCUT2D eigenvalue weighted by molar-refractivity contribution is -0.119. The van der Waals surface area contributed by atoms with Crippen molar-refractivity contribution in [3.8, 4) is 0 Å². The number of hydrogen-bond donors (Lipinski definition) is 1. The van der Waals surface area contributed by atoms with Crippen LogP contribution in [0.25, 0.3) is 0 Å². The van der Waals surface area contributed by atoms with E-state index in [4.69, 9.17) is 0 Å². The van der Waals surface area contributed by atoms with E-state index in [2.05, 4.69) is 60.7 Å². The van der Waals surface area contributed by atoms with Crippen LogP contribution < -0.4 is 14.5 Å². The number of nitrogens with zero attached hydrogens (tertiary/aromatic N) is 2. The van der Waals surface area contributed by atoms with E-state index in [9.17, 15) is 4.79 Å². The van der Waals surface area contributed by atoms with Crippen LogP contribution >= 0.6 is 11.9 Å². The molecule has 3 rings (SSSR count). The highest BCUT2D eigenvalue weighted by Gasteiger charge is 2.33. The highest BCUT2D eigenvalue weighted by molar-refractivity contribution is 8.00. The van der Waals surface area contributed by atoms with Gasteiger partial charge < -0.3 is 14.5 Å². The lowest BCUT2D eigenvalue weighted by atomic mass is 10.0. The molecule has 5 heteroatoms. The molecule has 138 valence electrons. The summed E-state index contributed by atoms with van der Waals surface area (Å²) in [6.07, 6.45) is 0. The Morgan fingerprint density at radius 1 is 1.12 bits per heavy atom. The predicted molar refractivity (Wildman–Crippen MR) is 112 cm³/mol. The molecule has 2 aromatic carbocycles. The maximum atomic E-state index is 12.6. The lowest BCUT2D eigenvalue weighted by Gasteiger charge is -2.41. The Kier molecular flexibility index (Phi) is 5.47. The highest BCUT2D eigenvalue weighted by atomic mass is 32.2. The van der Waals surface area contributed by atoms with Gasteiger partial charge in [0, 0.05) is 24.2 Å². The van der Waals surface area contributed by atoms with E-state index < -0.39 is 0 Å². The van der Waals surface area contributed by atoms with Crippen LogP contribution in [0, 0.1) is 12.8 Å². The van der Waals surface area contributed by atoms with Crippen molar-refractivity contribution in [2.75, 3.05) is 28.1 Å². The molecule has 0 saturated heterocycles. The molecule has 2 aromatic rings. The Morgan fingerprint density at radius 2 is 1.81 bits per heavy atom. The molecule has 0 aromatic heterocycles. The average molecular weight is 370 g/mol. The molecule has 26 heavy (non-hydrogen) atoms. The number of hydrogen-bond acceptors (Lipinski definition) is 4. The van der Waals surface area contributed by atoms with Gasteiger partial charge >= 0.3 is 0 Å². The second kappa shape index (κ2) is 7.62. The molecule has 1 N–H and O–H groups in total. The summed E-state index contributed by atoms with van der Waals surface area (Å²) in [5, 5.41) is 0. The van der Waals surface area contributed by atoms with Gasteiger partial charge in [-0.15, -0.1) is 0 Å². The van der Waals surface area contributed by atoms with E-state index in [1.165, 1.54) is 10.5 Å². The van der Waals surface area contributed by atoms with Crippen molar-refractivity contribution in [1.82, 2.24) is 0 Å². The van der Waals surface area contributed by atoms with Crippen LogP contribution in [0.5, 0.6) is 0 Å². The molecule has 0 saturated carbocycles. The Balaban J connectivity index is 1.85. The summed E-state index contributed by atoms with van der Waals surface area (Å²) in [5.74, 6) is 0.632. The Bertz CT molecular complexity index is 788. The molecule has 1 heterocycles. The smallest absolute Gasteiger partial charge is 0.249 e. The van der Waals surface area contributed by atoms with Gasteiger partial charge in [-0.05, 0) is 62.0 Å². The minimum Gasteiger partial charge on any atom is -0.358 e. The fourth-order valence-corrected chi connectivity index (χ4v) is 3.85. The van der Waals surface area contributed by atoms with Crippen molar-refractivity contribution < 1.29 is 4.79 Å². The summed E-state index contributed by atoms with van der Waals surface area (Å²) in [7, 11) is 1.86. The number of nitrogens with one attached hydrogen (secondary N) is 1. The lowest BCUT2D eigenvalue weighted by Crippen LogP contribution is -2.51. The molecule has 1 atom stereocenters. The van der Waals surface area contributed by atoms with Crippen LogP contribution in [-0.4, -0.2) is 25.5 Å². The zero-order valence-corrected chi connectivity index (χ0v) is 16.9. The van der Waals surface area contributed by atoms with Crippen LogP contribution in [-0.2, 0) is 4.79 Å². The molecule has 1 unspecified atom stereocenters. The molecule has 0 aliphatic carbocycles. The topological polar surface area (TPSA) is 35.6 Å². The fourth-order valence-electron chi connectivity index (χ4n) is 3.22. The van der Waals surface area contributed by atoms with E-state index in [1.54, 1.807) is 16.8 Å². The SMILES string of the molecule is Cc1ccc(SNc2ccc3c(c2)N(CC(C)C)C(C)C(=O)N3C)cc1. The summed E-state index contributed by atoms with van der Waals surface area (Å²) in [6, 6.07) is 14.5. The van der Waals surface area contributed by atoms with E-state index in [-0.39, 0.29) is 11.9 Å². The van der Waals surface area contributed by atoms with E-state index in [1.807, 2.05) is 26.1 Å². The third-order valence-corrected chi connectivity index (χ3v) is 5.52. The predicted octanol–water partition coefficient (Wildman–Crippen LogP) is 4.94. The van der Waals surface area contributed by atoms with Crippen molar-refractivity contribution in [3.05, 3.63) is 48.0 Å². The molecular formula is C21H27N3OS. The Hall–Kier alpha value is -2.14. The second-order valence-electron chi connectivity index (χ2n) is 7.34. The number of amides is 1. The van der Waals surface area contributed by atoms with Gasteiger partial charge in [-0.1, -0.05) is 31.5 Å². The van der Waals surface area contributed by atoms with E-state index in [0.29, 0.717) is 5.92 Å². The molecule has 0 bridgehead atoms. The number of rotatable bonds is 5. The zero-order chi connectivity index (χ0) is 18.8. The van der Waals surface area contributed by atoms with Gasteiger partial charge in [0.2, 0.25) is 5.91 Å². The minimum absolute atomic E-state index is 0.144. The summed E-state index contributed by atoms with van der Waals surface area (Å²) in [5.41, 5.74) is 4.38. The standard InChI is InChI=1S/C21H27N3OS/c1-14(2)13-24-16(4)21(25)23(5)19-11-8-17(12-20(19)24)22-26-18-9-6-15(3)7-10-18/h6-12,14,16,22H,13H2,1-5H3. The first-order valence-electron chi connectivity index (χ1n) is 9.04. The highest BCUT2D eigenvalue weighted by Crippen LogP contribution is 2.38. The summed E-state index contributed by atoms with van der Waals surface area (Å²) in [6.45, 7) is 9.32. The van der Waals surface area contributed by atoms with Crippen LogP contribution in [0.2, 0.25) is 0 Å². The van der Waals surface area contributed by atoms with Crippen LogP contribution in [0.15, 0.2) is 47.4 Å². The third-order valence-electron chi connectivity index (χ3n) is 4.67. The molecular weight excluding hydrogens is 342 g/mol. The van der Waals surface area contributed by atoms with Crippen LogP contribution in [0.3, 0.4) is 0 Å². The Morgan fingerprint density at radius 3 is 2.46 bits per heavy atom. The Labute approximate surface area is 160 Å². The number of carbonyl (C=O) groups is 1. The van der Waals surface area contributed by atoms with Crippen molar-refractivity contribution in [3.63, 3.8) is 0 Å². The number of fused-ring (bicyclic) bond motifs is 1. The molecule has 4 nitrogen and oxygen atoms in total. The maximum absolute atomic E-state index is 12.6. The molecule has 0 radical (unpaired) electrons. The van der Waals surface area contributed by atoms with Crippen molar-refractivity contribution >= 4 is 34.9 Å². The quantitative estimate of drug-likeness (QED) is 0.757. The fraction of sp³-hybridized carbons (Fsp3) is 0.381. The van der Waals surface area contributed by atoms with Crippen LogP contribution in [0.4, 0.5) is 17.1 Å². The zero-order valence-electron chi connectivity index (χ0n) is 16.1. The summed E-state index contributed by atoms with van der Waals surface area (Å²) < 4.78 is 3.43. The first kappa shape index (κ1) is 18.6. The minimum atomic E-state index is -0.144. The number of benzene rings is 2. The first-order valence-corrected chi connectivity index (χ1v) is 9.86. The maximum Gasteiger partial charge on any atom is 0.249 e. The van der Waals surface area contributed by atoms with Gasteiger partial charge in [-0.2, -0.15) is 0 Å². The number of aryl methyl sites for hydroxylation is 1. The van der Waals surface area contributed by atoms with E-state index in [0.717, 1.165) is 23.6 Å². The van der Waals surface area contributed by atoms with Gasteiger partial charge in [0.1, 0.15) is 6.04 Å². The van der Waals surface area contributed by atoms with Crippen molar-refractivity contribution in [2.45, 2.75) is 38.6 Å². The third kappa shape index (κ3) is 3.83. The van der Waals surface area contributed by atoms with Crippen molar-refractivity contribution in [2.24, 2.45) is 5.92 Å². The molecule has 1 amide bonds. The molecule has 0 fully saturated rings. The van der Waals surface area contributed by atoms with Gasteiger partial charge in [0.05, 0.1) is 11.4 Å². The van der Waals surface area contributed by atoms with Gasteiger partial charge in [0.25, 0.3) is 0 Å². The van der Waals surface area contributed by atoms with Gasteiger partial charge in [0.15, 0.2) is 0 Å². The molecule has 1 aliphatic rings. The van der Waals surface area contributed by atoms with E-state index >= 15 is 0 Å². The molecule has 0 spiro atoms. The second-order valence-corrected chi connectivity index (χ2v) is 8.22. The van der Waals surface area contributed by atoms with Crippen LogP contribution in [0.1, 0.15) is 26.3 Å². The van der Waals surface area contributed by atoms with Gasteiger partial charge in [-0.25, -0.2) is 0 Å². The normalized spacial score (nSPS) is 16.8. The summed E-state index contributed by atoms with van der Waals surface area (Å²) in [4.78, 5) is 17.7. The van der Waals surface area contributed by atoms with Gasteiger partial charge in [-0.3, -0.25) is 4.79 Å². The number of carbonyl (C=O) groups excluding carboxylic acids is 1. The monoisotopic (exact) mass is 369 g/mol. The summed E-state index contributed by atoms with van der Waals surface area (Å²) >= 11 is 1.60. The largest absolute Gasteiger partial charge is 0.358 e. The number of likely N-dealkylation sites (N-methyl/N-ethyl adjacent to an activating group) is 1. The first-order chi connectivity index (χ1) is 12.4.